The third kappa shape index (κ3) is 3.82. The Labute approximate surface area is 170 Å². The van der Waals surface area contributed by atoms with Gasteiger partial charge >= 0.3 is 0 Å². The molecule has 1 fully saturated rings. The van der Waals surface area contributed by atoms with Gasteiger partial charge in [0.2, 0.25) is 11.9 Å². The molecule has 148 valence electrons. The number of benzene rings is 2. The summed E-state index contributed by atoms with van der Waals surface area (Å²) in [5.41, 5.74) is 4.46. The van der Waals surface area contributed by atoms with Gasteiger partial charge in [-0.05, 0) is 30.8 Å². The normalized spacial score (nSPS) is 15.1. The molecule has 1 saturated heterocycles. The highest BCUT2D eigenvalue weighted by Crippen LogP contribution is 2.24. The number of piperazine rings is 1. The van der Waals surface area contributed by atoms with E-state index in [0.717, 1.165) is 49.7 Å². The predicted molar refractivity (Wildman–Crippen MR) is 117 cm³/mol. The first-order valence-corrected chi connectivity index (χ1v) is 10.00. The molecule has 0 radical (unpaired) electrons. The molecule has 0 saturated carbocycles. The Balaban J connectivity index is 1.35. The topological polar surface area (TPSA) is 65.0 Å². The van der Waals surface area contributed by atoms with Crippen LogP contribution in [0.25, 0.3) is 11.0 Å². The van der Waals surface area contributed by atoms with Crippen LogP contribution in [0.15, 0.2) is 60.9 Å². The molecule has 0 bridgehead atoms. The third-order valence-corrected chi connectivity index (χ3v) is 5.48. The average molecular weight is 387 g/mol. The summed E-state index contributed by atoms with van der Waals surface area (Å²) >= 11 is 0. The summed E-state index contributed by atoms with van der Waals surface area (Å²) in [5, 5.41) is 3.33. The lowest BCUT2D eigenvalue weighted by Gasteiger charge is -2.34. The van der Waals surface area contributed by atoms with Gasteiger partial charge in [-0.15, -0.1) is 0 Å². The zero-order chi connectivity index (χ0) is 19.6. The third-order valence-electron chi connectivity index (χ3n) is 5.48. The molecule has 1 aliphatic rings. The van der Waals surface area contributed by atoms with Crippen molar-refractivity contribution >= 4 is 28.6 Å². The van der Waals surface area contributed by atoms with Crippen LogP contribution in [-0.4, -0.2) is 57.6 Å². The lowest BCUT2D eigenvalue weighted by atomic mass is 10.2. The van der Waals surface area contributed by atoms with Crippen molar-refractivity contribution in [3.05, 3.63) is 66.5 Å². The van der Waals surface area contributed by atoms with E-state index in [0.29, 0.717) is 5.95 Å². The van der Waals surface area contributed by atoms with E-state index < -0.39 is 0 Å². The van der Waals surface area contributed by atoms with Gasteiger partial charge in [0.05, 0.1) is 17.6 Å². The highest BCUT2D eigenvalue weighted by molar-refractivity contribution is 5.82. The van der Waals surface area contributed by atoms with Crippen molar-refractivity contribution in [3.8, 4) is 0 Å². The number of hydrogen-bond donors (Lipinski definition) is 2. The van der Waals surface area contributed by atoms with Gasteiger partial charge in [0, 0.05) is 44.3 Å². The second-order valence-electron chi connectivity index (χ2n) is 7.57. The number of rotatable bonds is 5. The van der Waals surface area contributed by atoms with Gasteiger partial charge in [0.25, 0.3) is 0 Å². The molecule has 4 aromatic rings. The van der Waals surface area contributed by atoms with Crippen molar-refractivity contribution in [2.24, 2.45) is 0 Å². The Morgan fingerprint density at radius 1 is 1.03 bits per heavy atom. The fourth-order valence-corrected chi connectivity index (χ4v) is 3.77. The van der Waals surface area contributed by atoms with Gasteiger partial charge in [-0.2, -0.15) is 0 Å². The fraction of sp³-hybridized carbons (Fsp3) is 0.273. The minimum atomic E-state index is 0.705. The maximum absolute atomic E-state index is 4.69. The second-order valence-corrected chi connectivity index (χ2v) is 7.57. The fourth-order valence-electron chi connectivity index (χ4n) is 3.77. The molecule has 7 heteroatoms. The predicted octanol–water partition coefficient (Wildman–Crippen LogP) is 3.30. The van der Waals surface area contributed by atoms with Crippen LogP contribution in [0.2, 0.25) is 0 Å². The number of fused-ring (bicyclic) bond motifs is 1. The molecule has 5 rings (SSSR count). The average Bonchev–Trinajstić information content (AvgIpc) is 3.35. The summed E-state index contributed by atoms with van der Waals surface area (Å²) in [7, 11) is 2.18. The summed E-state index contributed by atoms with van der Waals surface area (Å²) in [6.45, 7) is 5.06. The zero-order valence-corrected chi connectivity index (χ0v) is 16.5. The van der Waals surface area contributed by atoms with Crippen LogP contribution < -0.4 is 10.2 Å². The minimum absolute atomic E-state index is 0.705. The summed E-state index contributed by atoms with van der Waals surface area (Å²) in [6, 6.07) is 16.8. The van der Waals surface area contributed by atoms with Crippen LogP contribution in [-0.2, 0) is 6.54 Å². The molecule has 2 aromatic carbocycles. The van der Waals surface area contributed by atoms with Crippen molar-refractivity contribution in [2.75, 3.05) is 43.4 Å². The SMILES string of the molecule is CN1CCN(c2ccc3nc(Nc4nccn4Cc4ccccc4)[nH]c3c2)CC1. The number of likely N-dealkylation sites (N-methyl/N-ethyl adjacent to an activating group) is 1. The molecule has 29 heavy (non-hydrogen) atoms. The molecule has 0 atom stereocenters. The summed E-state index contributed by atoms with van der Waals surface area (Å²) in [4.78, 5) is 17.3. The molecule has 0 amide bonds. The standard InChI is InChI=1S/C22H25N7/c1-27-11-13-28(14-12-27)18-7-8-19-20(15-18)25-21(24-19)26-22-23-9-10-29(22)16-17-5-3-2-4-6-17/h2-10,15H,11-14,16H2,1H3,(H2,23,24,25,26). The van der Waals surface area contributed by atoms with Gasteiger partial charge in [0.1, 0.15) is 0 Å². The largest absolute Gasteiger partial charge is 0.369 e. The number of aromatic nitrogens is 4. The number of nitrogens with zero attached hydrogens (tertiary/aromatic N) is 5. The quantitative estimate of drug-likeness (QED) is 0.550. The second kappa shape index (κ2) is 7.60. The van der Waals surface area contributed by atoms with E-state index in [1.54, 1.807) is 6.20 Å². The van der Waals surface area contributed by atoms with Crippen molar-refractivity contribution in [2.45, 2.75) is 6.54 Å². The highest BCUT2D eigenvalue weighted by atomic mass is 15.3. The molecule has 0 spiro atoms. The molecule has 0 unspecified atom stereocenters. The molecule has 0 aliphatic carbocycles. The molecule has 7 nitrogen and oxygen atoms in total. The maximum atomic E-state index is 4.69. The first-order valence-electron chi connectivity index (χ1n) is 10.00. The number of nitrogens with one attached hydrogen (secondary N) is 2. The van der Waals surface area contributed by atoms with Gasteiger partial charge < -0.3 is 19.4 Å². The van der Waals surface area contributed by atoms with Gasteiger partial charge in [-0.25, -0.2) is 9.97 Å². The summed E-state index contributed by atoms with van der Waals surface area (Å²) in [5.74, 6) is 1.48. The van der Waals surface area contributed by atoms with E-state index in [9.17, 15) is 0 Å². The molecule has 1 aliphatic heterocycles. The Morgan fingerprint density at radius 3 is 2.69 bits per heavy atom. The van der Waals surface area contributed by atoms with Crippen molar-refractivity contribution in [1.82, 2.24) is 24.4 Å². The lowest BCUT2D eigenvalue weighted by molar-refractivity contribution is 0.313. The number of hydrogen-bond acceptors (Lipinski definition) is 5. The van der Waals surface area contributed by atoms with Crippen molar-refractivity contribution in [3.63, 3.8) is 0 Å². The van der Waals surface area contributed by atoms with E-state index in [1.165, 1.54) is 11.3 Å². The summed E-state index contributed by atoms with van der Waals surface area (Å²) in [6.07, 6.45) is 3.78. The number of aromatic amines is 1. The molecule has 2 aromatic heterocycles. The summed E-state index contributed by atoms with van der Waals surface area (Å²) < 4.78 is 2.08. The number of anilines is 3. The molecular formula is C22H25N7. The molecular weight excluding hydrogens is 362 g/mol. The molecule has 3 heterocycles. The maximum Gasteiger partial charge on any atom is 0.209 e. The Kier molecular flexibility index (Phi) is 4.65. The number of H-pyrrole nitrogens is 1. The van der Waals surface area contributed by atoms with Crippen LogP contribution in [0, 0.1) is 0 Å². The van der Waals surface area contributed by atoms with E-state index in [-0.39, 0.29) is 0 Å². The van der Waals surface area contributed by atoms with Crippen LogP contribution >= 0.6 is 0 Å². The molecule has 2 N–H and O–H groups in total. The van der Waals surface area contributed by atoms with Gasteiger partial charge in [-0.1, -0.05) is 30.3 Å². The van der Waals surface area contributed by atoms with Crippen molar-refractivity contribution < 1.29 is 0 Å². The van der Waals surface area contributed by atoms with Crippen molar-refractivity contribution in [1.29, 1.82) is 0 Å². The van der Waals surface area contributed by atoms with Crippen LogP contribution in [0.1, 0.15) is 5.56 Å². The Bertz CT molecular complexity index is 1090. The van der Waals surface area contributed by atoms with Crippen LogP contribution in [0.5, 0.6) is 0 Å². The van der Waals surface area contributed by atoms with Crippen LogP contribution in [0.3, 0.4) is 0 Å². The number of imidazole rings is 2. The monoisotopic (exact) mass is 387 g/mol. The van der Waals surface area contributed by atoms with Gasteiger partial charge in [0.15, 0.2) is 0 Å². The zero-order valence-electron chi connectivity index (χ0n) is 16.5. The first kappa shape index (κ1) is 17.8. The smallest absolute Gasteiger partial charge is 0.209 e. The Hall–Kier alpha value is -3.32. The van der Waals surface area contributed by atoms with E-state index in [2.05, 4.69) is 84.1 Å². The van der Waals surface area contributed by atoms with E-state index >= 15 is 0 Å². The van der Waals surface area contributed by atoms with Crippen LogP contribution in [0.4, 0.5) is 17.6 Å². The Morgan fingerprint density at radius 2 is 1.86 bits per heavy atom. The van der Waals surface area contributed by atoms with E-state index in [1.807, 2.05) is 12.3 Å². The van der Waals surface area contributed by atoms with Gasteiger partial charge in [-0.3, -0.25) is 5.32 Å². The first-order chi connectivity index (χ1) is 14.2. The highest BCUT2D eigenvalue weighted by Gasteiger charge is 2.15. The minimum Gasteiger partial charge on any atom is -0.369 e. The van der Waals surface area contributed by atoms with E-state index in [4.69, 9.17) is 0 Å². The lowest BCUT2D eigenvalue weighted by Crippen LogP contribution is -2.44.